The minimum absolute atomic E-state index is 0.173. The van der Waals surface area contributed by atoms with Crippen LogP contribution in [0.15, 0.2) is 65.6 Å². The third kappa shape index (κ3) is 5.54. The summed E-state index contributed by atoms with van der Waals surface area (Å²) in [5, 5.41) is 31.2. The molecule has 3 N–H and O–H groups in total. The van der Waals surface area contributed by atoms with E-state index in [0.717, 1.165) is 47.7 Å². The maximum atomic E-state index is 10.5. The fourth-order valence-electron chi connectivity index (χ4n) is 4.71. The number of thiol groups is 1. The Morgan fingerprint density at radius 2 is 0.974 bits per heavy atom. The van der Waals surface area contributed by atoms with E-state index in [4.69, 9.17) is 0 Å². The van der Waals surface area contributed by atoms with Crippen molar-refractivity contribution in [3.05, 3.63) is 108 Å². The Morgan fingerprint density at radius 3 is 1.47 bits per heavy atom. The summed E-state index contributed by atoms with van der Waals surface area (Å²) in [4.78, 5) is 0.526. The average Bonchev–Trinajstić information content (AvgIpc) is 2.87. The quantitative estimate of drug-likeness (QED) is 0.0917. The van der Waals surface area contributed by atoms with E-state index in [9.17, 15) is 15.3 Å². The third-order valence-electron chi connectivity index (χ3n) is 7.37. The van der Waals surface area contributed by atoms with Gasteiger partial charge < -0.3 is 15.3 Å². The molecule has 0 spiro atoms. The van der Waals surface area contributed by atoms with Crippen molar-refractivity contribution in [2.45, 2.75) is 43.4 Å². The number of halogens is 4. The van der Waals surface area contributed by atoms with Crippen LogP contribution in [-0.2, 0) is 10.8 Å². The molecule has 198 valence electrons. The average molecular weight is 974 g/mol. The zero-order valence-electron chi connectivity index (χ0n) is 21.1. The van der Waals surface area contributed by atoms with Crippen molar-refractivity contribution in [2.24, 2.45) is 0 Å². The van der Waals surface area contributed by atoms with Crippen molar-refractivity contribution in [2.75, 3.05) is 0 Å². The van der Waals surface area contributed by atoms with Crippen molar-refractivity contribution in [1.29, 1.82) is 0 Å². The number of phenolic OH excluding ortho intramolecular Hbond substituents is 3. The van der Waals surface area contributed by atoms with Crippen LogP contribution in [0.4, 0.5) is 0 Å². The van der Waals surface area contributed by atoms with Gasteiger partial charge in [-0.15, -0.1) is 12.6 Å². The Labute approximate surface area is 283 Å². The highest BCUT2D eigenvalue weighted by Crippen LogP contribution is 2.45. The Morgan fingerprint density at radius 1 is 0.553 bits per heavy atom. The first-order valence-electron chi connectivity index (χ1n) is 11.7. The summed E-state index contributed by atoms with van der Waals surface area (Å²) in [6.07, 6.45) is 0. The van der Waals surface area contributed by atoms with Crippen LogP contribution in [0.2, 0.25) is 0 Å². The molecule has 0 bridgehead atoms. The summed E-state index contributed by atoms with van der Waals surface area (Å²) in [5.41, 5.74) is 5.38. The fourth-order valence-corrected chi connectivity index (χ4v) is 8.34. The van der Waals surface area contributed by atoms with Gasteiger partial charge in [-0.25, -0.2) is 0 Å². The zero-order chi connectivity index (χ0) is 28.2. The molecular weight excluding hydrogens is 948 g/mol. The molecule has 0 aliphatic rings. The Bertz CT molecular complexity index is 1420. The maximum absolute atomic E-state index is 10.5. The minimum Gasteiger partial charge on any atom is -0.507 e. The Hall–Kier alpha value is -0.450. The van der Waals surface area contributed by atoms with Crippen molar-refractivity contribution < 1.29 is 15.3 Å². The zero-order valence-corrected chi connectivity index (χ0v) is 30.6. The SMILES string of the molecule is Cc1cc(C(C)(c2ccc(C(C)(C)c3cc(I)c(O)c(I)c3)cc2)c2cc(S)c(O)c(I)c2)cc(I)c1O. The Balaban J connectivity index is 1.90. The fraction of sp³-hybridized carbons (Fsp3) is 0.200. The van der Waals surface area contributed by atoms with Gasteiger partial charge in [0.2, 0.25) is 0 Å². The highest BCUT2D eigenvalue weighted by atomic mass is 127. The van der Waals surface area contributed by atoms with Gasteiger partial charge in [0.05, 0.1) is 14.3 Å². The largest absolute Gasteiger partial charge is 0.507 e. The van der Waals surface area contributed by atoms with Crippen LogP contribution in [0.25, 0.3) is 0 Å². The molecule has 4 aromatic carbocycles. The van der Waals surface area contributed by atoms with Gasteiger partial charge in [-0.2, -0.15) is 0 Å². The molecule has 0 aromatic heterocycles. The lowest BCUT2D eigenvalue weighted by atomic mass is 9.69. The number of hydrogen-bond acceptors (Lipinski definition) is 4. The van der Waals surface area contributed by atoms with Crippen molar-refractivity contribution >= 4 is 103 Å². The predicted octanol–water partition coefficient (Wildman–Crippen LogP) is 9.50. The van der Waals surface area contributed by atoms with Gasteiger partial charge >= 0.3 is 0 Å². The van der Waals surface area contributed by atoms with Crippen LogP contribution in [-0.4, -0.2) is 15.3 Å². The van der Waals surface area contributed by atoms with Crippen LogP contribution in [0, 0.1) is 21.2 Å². The molecule has 0 aliphatic heterocycles. The smallest absolute Gasteiger partial charge is 0.142 e. The molecule has 4 aromatic rings. The lowest BCUT2D eigenvalue weighted by Crippen LogP contribution is -2.27. The van der Waals surface area contributed by atoms with Gasteiger partial charge in [0.1, 0.15) is 17.2 Å². The molecule has 8 heteroatoms. The van der Waals surface area contributed by atoms with Gasteiger partial charge in [-0.05, 0) is 168 Å². The van der Waals surface area contributed by atoms with Gasteiger partial charge in [0.15, 0.2) is 0 Å². The second-order valence-electron chi connectivity index (χ2n) is 10.1. The van der Waals surface area contributed by atoms with Gasteiger partial charge in [0, 0.05) is 15.7 Å². The van der Waals surface area contributed by atoms with Crippen molar-refractivity contribution in [1.82, 2.24) is 0 Å². The summed E-state index contributed by atoms with van der Waals surface area (Å²) in [7, 11) is 0. The number of phenols is 3. The van der Waals surface area contributed by atoms with Gasteiger partial charge in [-0.3, -0.25) is 0 Å². The molecule has 1 atom stereocenters. The van der Waals surface area contributed by atoms with E-state index in [2.05, 4.69) is 148 Å². The van der Waals surface area contributed by atoms with E-state index in [1.165, 1.54) is 0 Å². The molecule has 0 saturated carbocycles. The highest BCUT2D eigenvalue weighted by Gasteiger charge is 2.34. The summed E-state index contributed by atoms with van der Waals surface area (Å²) in [5.74, 6) is 0.789. The lowest BCUT2D eigenvalue weighted by Gasteiger charge is -2.34. The molecule has 0 aliphatic carbocycles. The van der Waals surface area contributed by atoms with Gasteiger partial charge in [0.25, 0.3) is 0 Å². The topological polar surface area (TPSA) is 60.7 Å². The lowest BCUT2D eigenvalue weighted by molar-refractivity contribution is 0.457. The first-order chi connectivity index (χ1) is 17.7. The molecule has 0 saturated heterocycles. The van der Waals surface area contributed by atoms with E-state index < -0.39 is 5.41 Å². The van der Waals surface area contributed by atoms with E-state index in [-0.39, 0.29) is 11.2 Å². The number of rotatable bonds is 5. The summed E-state index contributed by atoms with van der Waals surface area (Å²) >= 11 is 13.2. The predicted molar refractivity (Wildman–Crippen MR) is 191 cm³/mol. The van der Waals surface area contributed by atoms with Crippen LogP contribution in [0.5, 0.6) is 17.2 Å². The molecule has 4 rings (SSSR count). The first kappa shape index (κ1) is 30.5. The molecule has 0 radical (unpaired) electrons. The maximum Gasteiger partial charge on any atom is 0.142 e. The number of benzene rings is 4. The molecule has 3 nitrogen and oxygen atoms in total. The second-order valence-corrected chi connectivity index (χ2v) is 15.2. The number of hydrogen-bond donors (Lipinski definition) is 4. The third-order valence-corrected chi connectivity index (χ3v) is 11.0. The molecule has 0 fully saturated rings. The molecular formula is C30H26I4O3S. The van der Waals surface area contributed by atoms with Crippen molar-refractivity contribution in [3.63, 3.8) is 0 Å². The molecule has 0 amide bonds. The molecule has 38 heavy (non-hydrogen) atoms. The number of aromatic hydroxyl groups is 3. The first-order valence-corrected chi connectivity index (χ1v) is 16.4. The van der Waals surface area contributed by atoms with E-state index in [0.29, 0.717) is 16.4 Å². The second kappa shape index (κ2) is 11.4. The van der Waals surface area contributed by atoms with Crippen molar-refractivity contribution in [3.8, 4) is 17.2 Å². The summed E-state index contributed by atoms with van der Waals surface area (Å²) < 4.78 is 3.20. The normalized spacial score (nSPS) is 13.4. The Kier molecular flexibility index (Phi) is 9.18. The monoisotopic (exact) mass is 974 g/mol. The van der Waals surface area contributed by atoms with Crippen LogP contribution in [0.3, 0.4) is 0 Å². The number of aryl methyl sites for hydroxylation is 1. The summed E-state index contributed by atoms with van der Waals surface area (Å²) in [6.45, 7) is 8.48. The highest BCUT2D eigenvalue weighted by molar-refractivity contribution is 14.1. The standard InChI is InChI=1S/C30H26I4O3S/c1-15-9-19(12-21(31)26(15)35)30(4,20-13-24(34)28(37)25(38)14-20)17-7-5-16(6-8-17)29(2,3)18-10-22(32)27(36)23(33)11-18/h5-14,35-38H,1-4H3. The van der Waals surface area contributed by atoms with Crippen LogP contribution >= 0.6 is 103 Å². The minimum atomic E-state index is -0.574. The van der Waals surface area contributed by atoms with Gasteiger partial charge in [-0.1, -0.05) is 44.2 Å². The van der Waals surface area contributed by atoms with Crippen LogP contribution < -0.4 is 0 Å². The van der Waals surface area contributed by atoms with E-state index in [1.54, 1.807) is 0 Å². The van der Waals surface area contributed by atoms with Crippen LogP contribution in [0.1, 0.15) is 54.2 Å². The van der Waals surface area contributed by atoms with E-state index >= 15 is 0 Å². The summed E-state index contributed by atoms with van der Waals surface area (Å²) in [6, 6.07) is 20.8. The van der Waals surface area contributed by atoms with E-state index in [1.807, 2.05) is 43.3 Å². The molecule has 0 heterocycles. The molecule has 1 unspecified atom stereocenters.